The van der Waals surface area contributed by atoms with Crippen LogP contribution >= 0.6 is 35.3 Å². The van der Waals surface area contributed by atoms with E-state index in [9.17, 15) is 14.7 Å². The third-order valence-corrected chi connectivity index (χ3v) is 5.07. The Balaban J connectivity index is 2.27. The summed E-state index contributed by atoms with van der Waals surface area (Å²) in [7, 11) is 0. The lowest BCUT2D eigenvalue weighted by Crippen LogP contribution is -2.50. The topological polar surface area (TPSA) is 60.4 Å². The van der Waals surface area contributed by atoms with Crippen molar-refractivity contribution in [3.05, 3.63) is 27.3 Å². The fourth-order valence-corrected chi connectivity index (χ4v) is 4.08. The molecule has 2 heterocycles. The lowest BCUT2D eigenvalue weighted by Gasteiger charge is -2.28. The normalized spacial score (nSPS) is 18.8. The van der Waals surface area contributed by atoms with Crippen molar-refractivity contribution in [1.82, 2.24) is 4.90 Å². The molecule has 0 spiro atoms. The summed E-state index contributed by atoms with van der Waals surface area (Å²) in [5.74, 6) is -1.50. The average Bonchev–Trinajstić information content (AvgIpc) is 2.97. The number of thioether (sulfide) groups is 1. The van der Waals surface area contributed by atoms with Gasteiger partial charge in [-0.15, -0.1) is 11.3 Å². The highest BCUT2D eigenvalue weighted by atomic mass is 32.2. The molecule has 1 saturated heterocycles. The molecule has 4 nitrogen and oxygen atoms in total. The van der Waals surface area contributed by atoms with Gasteiger partial charge >= 0.3 is 0 Å². The summed E-state index contributed by atoms with van der Waals surface area (Å²) in [5.41, 5.74) is 0. The van der Waals surface area contributed by atoms with Crippen LogP contribution in [0.5, 0.6) is 0 Å². The van der Waals surface area contributed by atoms with Gasteiger partial charge in [0.1, 0.15) is 4.32 Å². The third kappa shape index (κ3) is 3.72. The Labute approximate surface area is 136 Å². The van der Waals surface area contributed by atoms with E-state index in [1.54, 1.807) is 6.08 Å². The highest BCUT2D eigenvalue weighted by Crippen LogP contribution is 2.35. The van der Waals surface area contributed by atoms with Gasteiger partial charge in [0.25, 0.3) is 5.91 Å². The van der Waals surface area contributed by atoms with E-state index in [2.05, 4.69) is 0 Å². The molecular weight excluding hydrogens is 326 g/mol. The Morgan fingerprint density at radius 1 is 1.52 bits per heavy atom. The van der Waals surface area contributed by atoms with Crippen molar-refractivity contribution < 1.29 is 14.7 Å². The van der Waals surface area contributed by atoms with Gasteiger partial charge in [-0.1, -0.05) is 43.9 Å². The van der Waals surface area contributed by atoms with Gasteiger partial charge in [-0.2, -0.15) is 0 Å². The minimum atomic E-state index is -1.27. The maximum absolute atomic E-state index is 12.4. The lowest BCUT2D eigenvalue weighted by molar-refractivity contribution is -0.310. The second-order valence-corrected chi connectivity index (χ2v) is 7.69. The van der Waals surface area contributed by atoms with E-state index in [0.717, 1.165) is 16.6 Å². The number of thiophene rings is 1. The fourth-order valence-electron chi connectivity index (χ4n) is 2.00. The monoisotopic (exact) mass is 340 g/mol. The highest BCUT2D eigenvalue weighted by molar-refractivity contribution is 8.26. The molecule has 0 aromatic carbocycles. The molecule has 112 valence electrons. The summed E-state index contributed by atoms with van der Waals surface area (Å²) in [6.45, 7) is 3.80. The molecule has 21 heavy (non-hydrogen) atoms. The number of carbonyl (C=O) groups is 2. The number of rotatable bonds is 5. The zero-order valence-electron chi connectivity index (χ0n) is 11.6. The standard InChI is InChI=1S/C14H15NO3S3/c1-8(2)6-10(13(17)18)15-12(16)11(21-14(15)19)7-9-4-3-5-20-9/h3-5,7-8,10H,6H2,1-2H3,(H,17,18)/p-1/t10-/m1/s1. The molecule has 1 fully saturated rings. The zero-order valence-corrected chi connectivity index (χ0v) is 14.0. The fraction of sp³-hybridized carbons (Fsp3) is 0.357. The highest BCUT2D eigenvalue weighted by Gasteiger charge is 2.37. The molecule has 0 saturated carbocycles. The van der Waals surface area contributed by atoms with Gasteiger partial charge in [0.05, 0.1) is 16.9 Å². The Morgan fingerprint density at radius 2 is 2.24 bits per heavy atom. The summed E-state index contributed by atoms with van der Waals surface area (Å²) in [6.07, 6.45) is 2.06. The SMILES string of the molecule is CC(C)C[C@H](C(=O)[O-])N1C(=O)C(=Cc2cccs2)SC1=S. The number of carboxylic acids is 1. The van der Waals surface area contributed by atoms with Crippen LogP contribution < -0.4 is 5.11 Å². The number of carboxylic acid groups (broad SMARTS) is 1. The van der Waals surface area contributed by atoms with Crippen LogP contribution in [0.1, 0.15) is 25.1 Å². The van der Waals surface area contributed by atoms with Crippen molar-refractivity contribution in [1.29, 1.82) is 0 Å². The van der Waals surface area contributed by atoms with Crippen LogP contribution in [0.15, 0.2) is 22.4 Å². The van der Waals surface area contributed by atoms with Gasteiger partial charge in [0, 0.05) is 4.88 Å². The minimum Gasteiger partial charge on any atom is -0.548 e. The predicted octanol–water partition coefficient (Wildman–Crippen LogP) is 2.11. The van der Waals surface area contributed by atoms with Crippen molar-refractivity contribution in [2.24, 2.45) is 5.92 Å². The lowest BCUT2D eigenvalue weighted by atomic mass is 10.0. The van der Waals surface area contributed by atoms with Crippen molar-refractivity contribution >= 4 is 57.6 Å². The number of amides is 1. The van der Waals surface area contributed by atoms with E-state index in [1.165, 1.54) is 16.2 Å². The summed E-state index contributed by atoms with van der Waals surface area (Å²) in [6, 6.07) is 2.77. The number of aliphatic carboxylic acids is 1. The molecule has 1 aromatic rings. The molecule has 0 bridgehead atoms. The summed E-state index contributed by atoms with van der Waals surface area (Å²) in [5, 5.41) is 13.3. The number of nitrogens with zero attached hydrogens (tertiary/aromatic N) is 1. The predicted molar refractivity (Wildman–Crippen MR) is 87.6 cm³/mol. The van der Waals surface area contributed by atoms with E-state index < -0.39 is 12.0 Å². The number of carbonyl (C=O) groups excluding carboxylic acids is 2. The van der Waals surface area contributed by atoms with E-state index in [0.29, 0.717) is 11.3 Å². The second kappa shape index (κ2) is 6.72. The average molecular weight is 340 g/mol. The molecule has 1 atom stereocenters. The maximum Gasteiger partial charge on any atom is 0.266 e. The zero-order chi connectivity index (χ0) is 15.6. The first-order valence-corrected chi connectivity index (χ1v) is 8.52. The Bertz CT molecular complexity index is 593. The van der Waals surface area contributed by atoms with E-state index in [4.69, 9.17) is 12.2 Å². The van der Waals surface area contributed by atoms with Gasteiger partial charge in [0.15, 0.2) is 0 Å². The van der Waals surface area contributed by atoms with Crippen molar-refractivity contribution in [3.8, 4) is 0 Å². The van der Waals surface area contributed by atoms with Crippen LogP contribution in [-0.2, 0) is 9.59 Å². The van der Waals surface area contributed by atoms with E-state index >= 15 is 0 Å². The molecule has 7 heteroatoms. The Morgan fingerprint density at radius 3 is 2.76 bits per heavy atom. The van der Waals surface area contributed by atoms with Gasteiger partial charge in [-0.25, -0.2) is 0 Å². The van der Waals surface area contributed by atoms with Crippen LogP contribution in [0.4, 0.5) is 0 Å². The number of hydrogen-bond donors (Lipinski definition) is 0. The van der Waals surface area contributed by atoms with E-state index in [1.807, 2.05) is 31.4 Å². The molecular formula is C14H14NO3S3-. The maximum atomic E-state index is 12.4. The van der Waals surface area contributed by atoms with Crippen molar-refractivity contribution in [2.45, 2.75) is 26.3 Å². The van der Waals surface area contributed by atoms with Gasteiger partial charge in [0.2, 0.25) is 0 Å². The molecule has 1 aliphatic heterocycles. The smallest absolute Gasteiger partial charge is 0.266 e. The Kier molecular flexibility index (Phi) is 5.18. The van der Waals surface area contributed by atoms with Gasteiger partial charge in [-0.05, 0) is 29.9 Å². The van der Waals surface area contributed by atoms with Crippen LogP contribution in [0, 0.1) is 5.92 Å². The molecule has 1 amide bonds. The largest absolute Gasteiger partial charge is 0.548 e. The summed E-state index contributed by atoms with van der Waals surface area (Å²) >= 11 is 7.82. The summed E-state index contributed by atoms with van der Waals surface area (Å²) < 4.78 is 0.276. The quantitative estimate of drug-likeness (QED) is 0.607. The van der Waals surface area contributed by atoms with Crippen LogP contribution in [0.25, 0.3) is 6.08 Å². The van der Waals surface area contributed by atoms with Crippen LogP contribution in [-0.4, -0.2) is 27.1 Å². The number of thiocarbonyl (C=S) groups is 1. The minimum absolute atomic E-state index is 0.124. The first kappa shape index (κ1) is 16.2. The molecule has 0 radical (unpaired) electrons. The first-order valence-electron chi connectivity index (χ1n) is 6.41. The molecule has 0 unspecified atom stereocenters. The van der Waals surface area contributed by atoms with Crippen molar-refractivity contribution in [3.63, 3.8) is 0 Å². The molecule has 2 rings (SSSR count). The van der Waals surface area contributed by atoms with Gasteiger partial charge in [-0.3, -0.25) is 9.69 Å². The third-order valence-electron chi connectivity index (χ3n) is 2.92. The van der Waals surface area contributed by atoms with E-state index in [-0.39, 0.29) is 16.1 Å². The second-order valence-electron chi connectivity index (χ2n) is 5.03. The van der Waals surface area contributed by atoms with Crippen LogP contribution in [0.3, 0.4) is 0 Å². The van der Waals surface area contributed by atoms with Gasteiger partial charge < -0.3 is 9.90 Å². The molecule has 0 aliphatic carbocycles. The van der Waals surface area contributed by atoms with Crippen molar-refractivity contribution in [2.75, 3.05) is 0 Å². The molecule has 1 aliphatic rings. The summed E-state index contributed by atoms with van der Waals surface area (Å²) in [4.78, 5) is 26.3. The Hall–Kier alpha value is -1.18. The van der Waals surface area contributed by atoms with Crippen LogP contribution in [0.2, 0.25) is 0 Å². The number of hydrogen-bond acceptors (Lipinski definition) is 6. The first-order chi connectivity index (χ1) is 9.90. The molecule has 0 N–H and O–H groups in total. The molecule has 1 aromatic heterocycles.